The maximum absolute atomic E-state index is 12.3. The first kappa shape index (κ1) is 14.3. The van der Waals surface area contributed by atoms with E-state index in [0.29, 0.717) is 5.69 Å². The number of nitrogens with one attached hydrogen (secondary N) is 1. The number of anilines is 1. The Balaban J connectivity index is 2.80. The van der Waals surface area contributed by atoms with Crippen LogP contribution in [0.4, 0.5) is 14.5 Å². The molecule has 0 aromatic carbocycles. The summed E-state index contributed by atoms with van der Waals surface area (Å²) < 4.78 is 24.6. The summed E-state index contributed by atoms with van der Waals surface area (Å²) in [7, 11) is 0. The van der Waals surface area contributed by atoms with Crippen LogP contribution in [-0.2, 0) is 0 Å². The van der Waals surface area contributed by atoms with Crippen LogP contribution in [0.3, 0.4) is 0 Å². The van der Waals surface area contributed by atoms with E-state index in [1.54, 1.807) is 0 Å². The number of halogens is 2. The van der Waals surface area contributed by atoms with Crippen LogP contribution in [0.2, 0.25) is 0 Å². The zero-order valence-electron chi connectivity index (χ0n) is 9.51. The number of nitrogens with two attached hydrogens (primary N) is 1. The van der Waals surface area contributed by atoms with Gasteiger partial charge in [-0.2, -0.15) is 0 Å². The van der Waals surface area contributed by atoms with Gasteiger partial charge in [0.15, 0.2) is 0 Å². The highest BCUT2D eigenvalue weighted by atomic mass is 19.3. The average molecular weight is 260 g/mol. The summed E-state index contributed by atoms with van der Waals surface area (Å²) in [6, 6.07) is 2.87. The van der Waals surface area contributed by atoms with Crippen molar-refractivity contribution in [2.45, 2.75) is 6.43 Å². The number of nitrogens with zero attached hydrogens (tertiary/aromatic N) is 2. The van der Waals surface area contributed by atoms with Crippen LogP contribution >= 0.6 is 0 Å². The topological polar surface area (TPSA) is 91.5 Å². The molecule has 0 aliphatic heterocycles. The van der Waals surface area contributed by atoms with Crippen LogP contribution in [0.25, 0.3) is 0 Å². The van der Waals surface area contributed by atoms with Gasteiger partial charge < -0.3 is 15.4 Å². The predicted octanol–water partition coefficient (Wildman–Crippen LogP) is 0.0668. The Morgan fingerprint density at radius 2 is 2.28 bits per heavy atom. The first-order valence-electron chi connectivity index (χ1n) is 5.19. The lowest BCUT2D eigenvalue weighted by molar-refractivity contribution is 0.0504. The van der Waals surface area contributed by atoms with E-state index in [1.807, 2.05) is 0 Å². The number of hydrogen-bond acceptors (Lipinski definition) is 5. The fraction of sp³-hybridized carbons (Fsp3) is 0.400. The third-order valence-corrected chi connectivity index (χ3v) is 2.16. The van der Waals surface area contributed by atoms with Crippen LogP contribution in [-0.4, -0.2) is 47.0 Å². The van der Waals surface area contributed by atoms with Gasteiger partial charge in [0.2, 0.25) is 0 Å². The molecule has 1 amide bonds. The zero-order valence-corrected chi connectivity index (χ0v) is 9.51. The molecule has 0 spiro atoms. The molecule has 6 nitrogen and oxygen atoms in total. The van der Waals surface area contributed by atoms with E-state index in [-0.39, 0.29) is 18.8 Å². The maximum atomic E-state index is 12.3. The van der Waals surface area contributed by atoms with Crippen molar-refractivity contribution in [1.82, 2.24) is 9.88 Å². The standard InChI is InChI=1S/C10H14F2N4O2/c11-9(12)6-16(3-4-17)10(18)8-2-1-7(15-13)5-14-8/h1-2,5,9,15,17H,3-4,6,13H2. The minimum atomic E-state index is -2.66. The Morgan fingerprint density at radius 3 is 2.72 bits per heavy atom. The summed E-state index contributed by atoms with van der Waals surface area (Å²) in [6.07, 6.45) is -1.35. The second kappa shape index (κ2) is 6.82. The van der Waals surface area contributed by atoms with Crippen molar-refractivity contribution in [1.29, 1.82) is 0 Å². The lowest BCUT2D eigenvalue weighted by Gasteiger charge is -2.20. The molecule has 1 aromatic rings. The third kappa shape index (κ3) is 3.90. The van der Waals surface area contributed by atoms with E-state index < -0.39 is 18.9 Å². The van der Waals surface area contributed by atoms with Gasteiger partial charge in [-0.3, -0.25) is 10.6 Å². The molecular weight excluding hydrogens is 246 g/mol. The largest absolute Gasteiger partial charge is 0.395 e. The summed E-state index contributed by atoms with van der Waals surface area (Å²) in [5.74, 6) is 4.47. The molecule has 1 heterocycles. The molecule has 0 atom stereocenters. The highest BCUT2D eigenvalue weighted by Crippen LogP contribution is 2.08. The van der Waals surface area contributed by atoms with Gasteiger partial charge in [-0.05, 0) is 12.1 Å². The van der Waals surface area contributed by atoms with Gasteiger partial charge in [0.25, 0.3) is 12.3 Å². The van der Waals surface area contributed by atoms with E-state index in [4.69, 9.17) is 10.9 Å². The number of aromatic nitrogens is 1. The molecule has 0 bridgehead atoms. The van der Waals surface area contributed by atoms with Gasteiger partial charge in [-0.25, -0.2) is 13.8 Å². The minimum Gasteiger partial charge on any atom is -0.395 e. The van der Waals surface area contributed by atoms with E-state index in [0.717, 1.165) is 4.90 Å². The Bertz CT molecular complexity index is 386. The van der Waals surface area contributed by atoms with E-state index in [9.17, 15) is 13.6 Å². The number of alkyl halides is 2. The van der Waals surface area contributed by atoms with Crippen molar-refractivity contribution in [2.24, 2.45) is 5.84 Å². The summed E-state index contributed by atoms with van der Waals surface area (Å²) in [5.41, 5.74) is 2.84. The maximum Gasteiger partial charge on any atom is 0.272 e. The third-order valence-electron chi connectivity index (χ3n) is 2.16. The molecule has 0 saturated heterocycles. The van der Waals surface area contributed by atoms with Crippen molar-refractivity contribution in [2.75, 3.05) is 25.1 Å². The molecular formula is C10H14F2N4O2. The average Bonchev–Trinajstić information content (AvgIpc) is 2.37. The van der Waals surface area contributed by atoms with Crippen molar-refractivity contribution >= 4 is 11.6 Å². The number of hydrogen-bond donors (Lipinski definition) is 3. The fourth-order valence-corrected chi connectivity index (χ4v) is 1.33. The Hall–Kier alpha value is -1.80. The Morgan fingerprint density at radius 1 is 1.56 bits per heavy atom. The van der Waals surface area contributed by atoms with E-state index in [1.165, 1.54) is 18.3 Å². The smallest absolute Gasteiger partial charge is 0.272 e. The summed E-state index contributed by atoms with van der Waals surface area (Å²) in [4.78, 5) is 16.5. The normalized spacial score (nSPS) is 10.5. The molecule has 0 aliphatic carbocycles. The fourth-order valence-electron chi connectivity index (χ4n) is 1.33. The number of aliphatic hydroxyl groups excluding tert-OH is 1. The number of hydrazine groups is 1. The zero-order chi connectivity index (χ0) is 13.5. The SMILES string of the molecule is NNc1ccc(C(=O)N(CCO)CC(F)F)nc1. The first-order valence-corrected chi connectivity index (χ1v) is 5.19. The number of aliphatic hydroxyl groups is 1. The van der Waals surface area contributed by atoms with Crippen molar-refractivity contribution in [3.8, 4) is 0 Å². The summed E-state index contributed by atoms with van der Waals surface area (Å²) in [5, 5.41) is 8.74. The van der Waals surface area contributed by atoms with Crippen molar-refractivity contribution in [3.63, 3.8) is 0 Å². The van der Waals surface area contributed by atoms with Gasteiger partial charge in [0.05, 0.1) is 25.0 Å². The molecule has 1 rings (SSSR count). The van der Waals surface area contributed by atoms with Crippen molar-refractivity contribution < 1.29 is 18.7 Å². The lowest BCUT2D eigenvalue weighted by Crippen LogP contribution is -2.37. The van der Waals surface area contributed by atoms with E-state index >= 15 is 0 Å². The van der Waals surface area contributed by atoms with Crippen molar-refractivity contribution in [3.05, 3.63) is 24.0 Å². The molecule has 8 heteroatoms. The van der Waals surface area contributed by atoms with Crippen LogP contribution < -0.4 is 11.3 Å². The van der Waals surface area contributed by atoms with Gasteiger partial charge in [-0.1, -0.05) is 0 Å². The Labute approximate surface area is 102 Å². The minimum absolute atomic E-state index is 0.0168. The number of rotatable bonds is 6. The van der Waals surface area contributed by atoms with Crippen LogP contribution in [0, 0.1) is 0 Å². The number of carbonyl (C=O) groups excluding carboxylic acids is 1. The number of pyridine rings is 1. The second-order valence-corrected chi connectivity index (χ2v) is 3.44. The quantitative estimate of drug-likeness (QED) is 0.497. The molecule has 100 valence electrons. The molecule has 18 heavy (non-hydrogen) atoms. The monoisotopic (exact) mass is 260 g/mol. The molecule has 1 aromatic heterocycles. The van der Waals surface area contributed by atoms with Crippen LogP contribution in [0.1, 0.15) is 10.5 Å². The van der Waals surface area contributed by atoms with Gasteiger partial charge in [0.1, 0.15) is 5.69 Å². The van der Waals surface area contributed by atoms with Crippen LogP contribution in [0.5, 0.6) is 0 Å². The van der Waals surface area contributed by atoms with E-state index in [2.05, 4.69) is 10.4 Å². The number of amides is 1. The van der Waals surface area contributed by atoms with Crippen LogP contribution in [0.15, 0.2) is 18.3 Å². The molecule has 0 aliphatic rings. The number of nitrogen functional groups attached to an aromatic ring is 1. The molecule has 0 saturated carbocycles. The predicted molar refractivity (Wildman–Crippen MR) is 61.0 cm³/mol. The summed E-state index contributed by atoms with van der Waals surface area (Å²) >= 11 is 0. The highest BCUT2D eigenvalue weighted by Gasteiger charge is 2.20. The molecule has 0 unspecified atom stereocenters. The first-order chi connectivity index (χ1) is 8.58. The van der Waals surface area contributed by atoms with Gasteiger partial charge in [-0.15, -0.1) is 0 Å². The molecule has 4 N–H and O–H groups in total. The lowest BCUT2D eigenvalue weighted by atomic mass is 10.3. The highest BCUT2D eigenvalue weighted by molar-refractivity contribution is 5.92. The number of carbonyl (C=O) groups is 1. The second-order valence-electron chi connectivity index (χ2n) is 3.44. The van der Waals surface area contributed by atoms with Gasteiger partial charge in [0, 0.05) is 6.54 Å². The molecule has 0 fully saturated rings. The Kier molecular flexibility index (Phi) is 5.40. The van der Waals surface area contributed by atoms with Gasteiger partial charge >= 0.3 is 0 Å². The summed E-state index contributed by atoms with van der Waals surface area (Å²) in [6.45, 7) is -1.29. The molecule has 0 radical (unpaired) electrons.